The highest BCUT2D eigenvalue weighted by molar-refractivity contribution is 5.65. The molecule has 6 rings (SSSR count). The van der Waals surface area contributed by atoms with Gasteiger partial charge in [0.1, 0.15) is 11.4 Å². The van der Waals surface area contributed by atoms with Gasteiger partial charge in [0.15, 0.2) is 0 Å². The number of rotatable bonds is 4. The SMILES string of the molecule is Cc1cc(-c2cccc(-c3[c-]cccc3)n2)n[nH]1.Cc1cc(-c2cccc(-c3ccccc3)n2)n[nH]1.[H+]. The normalized spacial score (nSPS) is 10.5. The monoisotopic (exact) mass is 470 g/mol. The smallest absolute Gasteiger partial charge is 0.295 e. The highest BCUT2D eigenvalue weighted by atomic mass is 15.1. The Kier molecular flexibility index (Phi) is 6.76. The van der Waals surface area contributed by atoms with Gasteiger partial charge in [0.05, 0.1) is 17.1 Å². The molecule has 0 aliphatic rings. The van der Waals surface area contributed by atoms with Crippen LogP contribution in [0.15, 0.2) is 103 Å². The molecule has 0 saturated heterocycles. The van der Waals surface area contributed by atoms with Gasteiger partial charge in [0.25, 0.3) is 0 Å². The van der Waals surface area contributed by atoms with Crippen LogP contribution in [0.1, 0.15) is 12.8 Å². The summed E-state index contributed by atoms with van der Waals surface area (Å²) in [5, 5.41) is 14.3. The maximum atomic E-state index is 4.64. The fourth-order valence-corrected chi connectivity index (χ4v) is 3.73. The molecule has 0 amide bonds. The fourth-order valence-electron chi connectivity index (χ4n) is 3.73. The highest BCUT2D eigenvalue weighted by Crippen LogP contribution is 2.22. The van der Waals surface area contributed by atoms with Crippen LogP contribution in [0, 0.1) is 19.9 Å². The van der Waals surface area contributed by atoms with Crippen molar-refractivity contribution in [2.24, 2.45) is 0 Å². The van der Waals surface area contributed by atoms with Gasteiger partial charge in [-0.15, -0.1) is 35.9 Å². The maximum absolute atomic E-state index is 4.64. The van der Waals surface area contributed by atoms with E-state index in [1.165, 1.54) is 0 Å². The number of H-pyrrole nitrogens is 2. The van der Waals surface area contributed by atoms with E-state index in [2.05, 4.69) is 48.6 Å². The molecule has 36 heavy (non-hydrogen) atoms. The summed E-state index contributed by atoms with van der Waals surface area (Å²) in [4.78, 5) is 9.26. The third-order valence-electron chi connectivity index (χ3n) is 5.49. The topological polar surface area (TPSA) is 83.1 Å². The van der Waals surface area contributed by atoms with Crippen molar-refractivity contribution in [2.45, 2.75) is 13.8 Å². The molecule has 6 heteroatoms. The van der Waals surface area contributed by atoms with Crippen molar-refractivity contribution in [3.63, 3.8) is 0 Å². The number of benzene rings is 2. The summed E-state index contributed by atoms with van der Waals surface area (Å²) in [6.45, 7) is 3.96. The van der Waals surface area contributed by atoms with Crippen molar-refractivity contribution in [3.8, 4) is 45.3 Å². The molecular formula is C30H26N6. The first-order chi connectivity index (χ1) is 17.7. The Bertz CT molecular complexity index is 1440. The lowest BCUT2D eigenvalue weighted by Crippen LogP contribution is -1.87. The van der Waals surface area contributed by atoms with Gasteiger partial charge in [0, 0.05) is 17.0 Å². The predicted octanol–water partition coefficient (Wildman–Crippen LogP) is 6.81. The van der Waals surface area contributed by atoms with Crippen LogP contribution < -0.4 is 0 Å². The Hall–Kier alpha value is -4.84. The minimum absolute atomic E-state index is 0. The van der Waals surface area contributed by atoms with Crippen LogP contribution in [-0.4, -0.2) is 30.4 Å². The second kappa shape index (κ2) is 10.6. The van der Waals surface area contributed by atoms with Gasteiger partial charge >= 0.3 is 1.43 Å². The van der Waals surface area contributed by atoms with Crippen molar-refractivity contribution < 1.29 is 1.43 Å². The summed E-state index contributed by atoms with van der Waals surface area (Å²) in [7, 11) is 0. The summed E-state index contributed by atoms with van der Waals surface area (Å²) < 4.78 is 0. The van der Waals surface area contributed by atoms with Gasteiger partial charge in [-0.1, -0.05) is 48.5 Å². The standard InChI is InChI=1S/C15H13N3.C15H12N3/c2*1-11-10-15(18-17-11)14-9-5-8-13(16-14)12-6-3-2-4-7-12/h2-10H,1H3,(H,17,18);2-6,8-10H,1H3,(H,17,18)/q;-1/p+1. The van der Waals surface area contributed by atoms with E-state index in [1.807, 2.05) is 105 Å². The van der Waals surface area contributed by atoms with Crippen LogP contribution in [0.3, 0.4) is 0 Å². The van der Waals surface area contributed by atoms with Crippen molar-refractivity contribution in [3.05, 3.63) is 121 Å². The van der Waals surface area contributed by atoms with Gasteiger partial charge in [-0.3, -0.25) is 15.2 Å². The molecule has 2 aromatic carbocycles. The average molecular weight is 471 g/mol. The van der Waals surface area contributed by atoms with Gasteiger partial charge < -0.3 is 0 Å². The van der Waals surface area contributed by atoms with Crippen LogP contribution in [0.4, 0.5) is 0 Å². The van der Waals surface area contributed by atoms with E-state index in [1.54, 1.807) is 0 Å². The van der Waals surface area contributed by atoms with E-state index in [0.717, 1.165) is 56.7 Å². The summed E-state index contributed by atoms with van der Waals surface area (Å²) >= 11 is 0. The number of aryl methyl sites for hydroxylation is 2. The van der Waals surface area contributed by atoms with E-state index >= 15 is 0 Å². The first-order valence-electron chi connectivity index (χ1n) is 11.7. The number of hydrogen-bond acceptors (Lipinski definition) is 4. The number of aromatic nitrogens is 6. The third kappa shape index (κ3) is 5.45. The molecule has 0 fully saturated rings. The predicted molar refractivity (Wildman–Crippen MR) is 144 cm³/mol. The molecule has 0 aliphatic heterocycles. The minimum atomic E-state index is 0. The van der Waals surface area contributed by atoms with Crippen LogP contribution in [0.5, 0.6) is 0 Å². The summed E-state index contributed by atoms with van der Waals surface area (Å²) in [5.41, 5.74) is 9.56. The van der Waals surface area contributed by atoms with E-state index in [0.29, 0.717) is 0 Å². The Morgan fingerprint density at radius 2 is 1.11 bits per heavy atom. The molecule has 4 aromatic heterocycles. The second-order valence-corrected chi connectivity index (χ2v) is 8.33. The Labute approximate surface area is 211 Å². The van der Waals surface area contributed by atoms with Crippen molar-refractivity contribution in [1.29, 1.82) is 0 Å². The minimum Gasteiger partial charge on any atom is -0.295 e. The van der Waals surface area contributed by atoms with Crippen molar-refractivity contribution in [2.75, 3.05) is 0 Å². The Balaban J connectivity index is 0.000000168. The van der Waals surface area contributed by atoms with E-state index in [9.17, 15) is 0 Å². The molecular weight excluding hydrogens is 444 g/mol. The van der Waals surface area contributed by atoms with Gasteiger partial charge in [-0.2, -0.15) is 10.2 Å². The number of aromatic amines is 2. The third-order valence-corrected chi connectivity index (χ3v) is 5.49. The summed E-state index contributed by atoms with van der Waals surface area (Å²) in [5.74, 6) is 0. The van der Waals surface area contributed by atoms with Crippen molar-refractivity contribution >= 4 is 0 Å². The molecule has 0 aliphatic carbocycles. The Morgan fingerprint density at radius 1 is 0.556 bits per heavy atom. The van der Waals surface area contributed by atoms with Gasteiger partial charge in [-0.25, -0.2) is 4.98 Å². The molecule has 6 nitrogen and oxygen atoms in total. The van der Waals surface area contributed by atoms with E-state index in [4.69, 9.17) is 0 Å². The summed E-state index contributed by atoms with van der Waals surface area (Å²) in [6.07, 6.45) is 0. The average Bonchev–Trinajstić information content (AvgIpc) is 3.58. The highest BCUT2D eigenvalue weighted by Gasteiger charge is 2.05. The van der Waals surface area contributed by atoms with Crippen LogP contribution in [-0.2, 0) is 0 Å². The van der Waals surface area contributed by atoms with E-state index in [-0.39, 0.29) is 1.43 Å². The quantitative estimate of drug-likeness (QED) is 0.277. The largest absolute Gasteiger partial charge is 1.00 e. The van der Waals surface area contributed by atoms with Crippen molar-refractivity contribution in [1.82, 2.24) is 30.4 Å². The molecule has 2 N–H and O–H groups in total. The van der Waals surface area contributed by atoms with Gasteiger partial charge in [-0.05, 0) is 49.9 Å². The lowest BCUT2D eigenvalue weighted by atomic mass is 10.1. The number of nitrogens with zero attached hydrogens (tertiary/aromatic N) is 4. The first kappa shape index (κ1) is 22.9. The molecule has 0 bridgehead atoms. The zero-order valence-electron chi connectivity index (χ0n) is 21.1. The second-order valence-electron chi connectivity index (χ2n) is 8.33. The molecule has 4 heterocycles. The maximum Gasteiger partial charge on any atom is 1.00 e. The molecule has 0 radical (unpaired) electrons. The van der Waals surface area contributed by atoms with Crippen LogP contribution in [0.25, 0.3) is 45.3 Å². The number of pyridine rings is 2. The first-order valence-corrected chi connectivity index (χ1v) is 11.7. The Morgan fingerprint density at radius 3 is 1.67 bits per heavy atom. The lowest BCUT2D eigenvalue weighted by Gasteiger charge is -2.08. The lowest BCUT2D eigenvalue weighted by molar-refractivity contribution is 1.05. The zero-order chi connectivity index (χ0) is 24.7. The van der Waals surface area contributed by atoms with Crippen LogP contribution >= 0.6 is 0 Å². The van der Waals surface area contributed by atoms with Crippen LogP contribution in [0.2, 0.25) is 0 Å². The number of nitrogens with one attached hydrogen (secondary N) is 2. The molecule has 0 atom stereocenters. The molecule has 176 valence electrons. The zero-order valence-corrected chi connectivity index (χ0v) is 20.1. The molecule has 0 unspecified atom stereocenters. The molecule has 0 spiro atoms. The molecule has 6 aromatic rings. The molecule has 0 saturated carbocycles. The van der Waals surface area contributed by atoms with E-state index < -0.39 is 0 Å². The summed E-state index contributed by atoms with van der Waals surface area (Å²) in [6, 6.07) is 37.1. The van der Waals surface area contributed by atoms with Gasteiger partial charge in [0.2, 0.25) is 0 Å². The fraction of sp³-hybridized carbons (Fsp3) is 0.0667. The number of hydrogen-bond donors (Lipinski definition) is 2.